The topological polar surface area (TPSA) is 42.0 Å². The third kappa shape index (κ3) is 3.22. The van der Waals surface area contributed by atoms with Crippen molar-refractivity contribution in [3.05, 3.63) is 23.3 Å². The Balaban J connectivity index is 1.82. The van der Waals surface area contributed by atoms with Gasteiger partial charge in [-0.3, -0.25) is 9.69 Å². The summed E-state index contributed by atoms with van der Waals surface area (Å²) in [5.74, 6) is 2.55. The first kappa shape index (κ1) is 17.1. The number of amides is 1. The van der Waals surface area contributed by atoms with Crippen molar-refractivity contribution in [1.82, 2.24) is 9.80 Å². The van der Waals surface area contributed by atoms with Crippen LogP contribution in [0.1, 0.15) is 30.9 Å². The van der Waals surface area contributed by atoms with E-state index in [1.807, 2.05) is 17.9 Å². The third-order valence-electron chi connectivity index (χ3n) is 5.51. The van der Waals surface area contributed by atoms with Gasteiger partial charge in [-0.25, -0.2) is 0 Å². The summed E-state index contributed by atoms with van der Waals surface area (Å²) >= 11 is 0. The molecule has 3 aliphatic heterocycles. The fourth-order valence-corrected chi connectivity index (χ4v) is 4.21. The molecule has 1 aromatic carbocycles. The van der Waals surface area contributed by atoms with Crippen LogP contribution in [0.25, 0.3) is 0 Å². The average Bonchev–Trinajstić information content (AvgIpc) is 2.87. The van der Waals surface area contributed by atoms with Gasteiger partial charge in [0, 0.05) is 50.3 Å². The highest BCUT2D eigenvalue weighted by Gasteiger charge is 2.35. The standard InChI is InChI=1S/C19H28N2O3/c1-13-18(23-3)8-6-16(19(13)24-4)11-21-10-15-5-7-17(21)12-20(9-15)14(2)22/h6,8,15,17H,5,7,9-12H2,1-4H3/t15-,17+/m0/s1. The molecule has 4 rings (SSSR count). The predicted molar refractivity (Wildman–Crippen MR) is 93.5 cm³/mol. The molecule has 5 heteroatoms. The molecule has 0 N–H and O–H groups in total. The molecule has 2 bridgehead atoms. The Labute approximate surface area is 144 Å². The smallest absolute Gasteiger partial charge is 0.219 e. The largest absolute Gasteiger partial charge is 0.496 e. The van der Waals surface area contributed by atoms with E-state index in [4.69, 9.17) is 9.47 Å². The summed E-state index contributed by atoms with van der Waals surface area (Å²) in [6.45, 7) is 7.40. The van der Waals surface area contributed by atoms with Crippen LogP contribution in [0.4, 0.5) is 0 Å². The van der Waals surface area contributed by atoms with Gasteiger partial charge in [-0.2, -0.15) is 0 Å². The Bertz CT molecular complexity index is 617. The summed E-state index contributed by atoms with van der Waals surface area (Å²) in [6.07, 6.45) is 2.40. The van der Waals surface area contributed by atoms with Gasteiger partial charge < -0.3 is 14.4 Å². The molecule has 1 amide bonds. The molecule has 0 aromatic heterocycles. The highest BCUT2D eigenvalue weighted by Crippen LogP contribution is 2.35. The van der Waals surface area contributed by atoms with Crippen molar-refractivity contribution in [2.75, 3.05) is 33.9 Å². The van der Waals surface area contributed by atoms with E-state index >= 15 is 0 Å². The molecule has 5 nitrogen and oxygen atoms in total. The first-order valence-corrected chi connectivity index (χ1v) is 8.73. The minimum Gasteiger partial charge on any atom is -0.496 e. The number of fused-ring (bicyclic) bond motifs is 4. The van der Waals surface area contributed by atoms with Crippen LogP contribution in [-0.4, -0.2) is 55.6 Å². The predicted octanol–water partition coefficient (Wildman–Crippen LogP) is 2.45. The molecule has 3 aliphatic rings. The summed E-state index contributed by atoms with van der Waals surface area (Å²) < 4.78 is 11.1. The van der Waals surface area contributed by atoms with E-state index in [-0.39, 0.29) is 5.91 Å². The summed E-state index contributed by atoms with van der Waals surface area (Å²) in [5.41, 5.74) is 2.24. The van der Waals surface area contributed by atoms with Gasteiger partial charge in [0.05, 0.1) is 14.2 Å². The number of benzene rings is 1. The fourth-order valence-electron chi connectivity index (χ4n) is 4.21. The third-order valence-corrected chi connectivity index (χ3v) is 5.51. The minimum absolute atomic E-state index is 0.201. The second-order valence-corrected chi connectivity index (χ2v) is 7.04. The highest BCUT2D eigenvalue weighted by atomic mass is 16.5. The van der Waals surface area contributed by atoms with Gasteiger partial charge in [-0.15, -0.1) is 0 Å². The quantitative estimate of drug-likeness (QED) is 0.849. The summed E-state index contributed by atoms with van der Waals surface area (Å²) in [4.78, 5) is 16.4. The number of carbonyl (C=O) groups is 1. The molecule has 24 heavy (non-hydrogen) atoms. The molecule has 1 aromatic rings. The summed E-state index contributed by atoms with van der Waals surface area (Å²) in [7, 11) is 3.41. The number of piperidine rings is 1. The zero-order valence-corrected chi connectivity index (χ0v) is 15.2. The van der Waals surface area contributed by atoms with Crippen LogP contribution in [0.2, 0.25) is 0 Å². The van der Waals surface area contributed by atoms with Gasteiger partial charge in [-0.05, 0) is 31.7 Å². The SMILES string of the molecule is COc1ccc(CN2C[C@H]3CC[C@@H]2CN(C(C)=O)C3)c(OC)c1C. The Kier molecular flexibility index (Phi) is 4.99. The van der Waals surface area contributed by atoms with E-state index in [2.05, 4.69) is 11.0 Å². The lowest BCUT2D eigenvalue weighted by molar-refractivity contribution is -0.129. The molecule has 0 radical (unpaired) electrons. The lowest BCUT2D eigenvalue weighted by atomic mass is 9.94. The lowest BCUT2D eigenvalue weighted by Gasteiger charge is -2.36. The molecule has 3 saturated heterocycles. The van der Waals surface area contributed by atoms with Gasteiger partial charge in [0.2, 0.25) is 5.91 Å². The van der Waals surface area contributed by atoms with Crippen LogP contribution in [0.5, 0.6) is 11.5 Å². The van der Waals surface area contributed by atoms with Gasteiger partial charge in [0.1, 0.15) is 11.5 Å². The van der Waals surface area contributed by atoms with Crippen molar-refractivity contribution in [2.24, 2.45) is 5.92 Å². The summed E-state index contributed by atoms with van der Waals surface area (Å²) in [5, 5.41) is 0. The Morgan fingerprint density at radius 1 is 1.17 bits per heavy atom. The van der Waals surface area contributed by atoms with Crippen molar-refractivity contribution in [1.29, 1.82) is 0 Å². The Hall–Kier alpha value is -1.75. The molecular weight excluding hydrogens is 304 g/mol. The second kappa shape index (κ2) is 7.01. The van der Waals surface area contributed by atoms with E-state index in [0.29, 0.717) is 12.0 Å². The van der Waals surface area contributed by atoms with E-state index in [1.54, 1.807) is 21.1 Å². The van der Waals surface area contributed by atoms with E-state index in [1.165, 1.54) is 18.4 Å². The molecule has 0 aliphatic carbocycles. The normalized spacial score (nSPS) is 23.9. The number of hydrogen-bond donors (Lipinski definition) is 0. The van der Waals surface area contributed by atoms with E-state index in [0.717, 1.165) is 43.2 Å². The molecule has 0 saturated carbocycles. The molecule has 0 spiro atoms. The van der Waals surface area contributed by atoms with Crippen LogP contribution in [0, 0.1) is 12.8 Å². The maximum atomic E-state index is 11.8. The Morgan fingerprint density at radius 3 is 2.62 bits per heavy atom. The molecule has 3 fully saturated rings. The van der Waals surface area contributed by atoms with Crippen LogP contribution in [-0.2, 0) is 11.3 Å². The van der Waals surface area contributed by atoms with Gasteiger partial charge in [0.15, 0.2) is 0 Å². The number of nitrogens with zero attached hydrogens (tertiary/aromatic N) is 2. The molecule has 3 heterocycles. The van der Waals surface area contributed by atoms with Crippen molar-refractivity contribution >= 4 is 5.91 Å². The van der Waals surface area contributed by atoms with Crippen molar-refractivity contribution in [2.45, 2.75) is 39.3 Å². The number of rotatable bonds is 4. The number of carbonyl (C=O) groups excluding carboxylic acids is 1. The van der Waals surface area contributed by atoms with Crippen molar-refractivity contribution < 1.29 is 14.3 Å². The highest BCUT2D eigenvalue weighted by molar-refractivity contribution is 5.73. The number of hydrogen-bond acceptors (Lipinski definition) is 4. The minimum atomic E-state index is 0.201. The lowest BCUT2D eigenvalue weighted by Crippen LogP contribution is -2.43. The van der Waals surface area contributed by atoms with E-state index in [9.17, 15) is 4.79 Å². The second-order valence-electron chi connectivity index (χ2n) is 7.04. The van der Waals surface area contributed by atoms with Gasteiger partial charge in [0.25, 0.3) is 0 Å². The molecule has 132 valence electrons. The average molecular weight is 332 g/mol. The summed E-state index contributed by atoms with van der Waals surface area (Å²) in [6, 6.07) is 4.57. The molecular formula is C19H28N2O3. The van der Waals surface area contributed by atoms with E-state index < -0.39 is 0 Å². The fraction of sp³-hybridized carbons (Fsp3) is 0.632. The van der Waals surface area contributed by atoms with Crippen LogP contribution >= 0.6 is 0 Å². The van der Waals surface area contributed by atoms with Crippen molar-refractivity contribution in [3.8, 4) is 11.5 Å². The molecule has 2 atom stereocenters. The number of methoxy groups -OCH3 is 2. The maximum Gasteiger partial charge on any atom is 0.219 e. The van der Waals surface area contributed by atoms with Gasteiger partial charge in [-0.1, -0.05) is 6.07 Å². The monoisotopic (exact) mass is 332 g/mol. The first-order valence-electron chi connectivity index (χ1n) is 8.73. The van der Waals surface area contributed by atoms with Crippen LogP contribution in [0.3, 0.4) is 0 Å². The van der Waals surface area contributed by atoms with Gasteiger partial charge >= 0.3 is 0 Å². The zero-order valence-electron chi connectivity index (χ0n) is 15.2. The molecule has 0 unspecified atom stereocenters. The first-order chi connectivity index (χ1) is 11.5. The maximum absolute atomic E-state index is 11.8. The zero-order chi connectivity index (χ0) is 17.3. The van der Waals surface area contributed by atoms with Crippen LogP contribution in [0.15, 0.2) is 12.1 Å². The number of ether oxygens (including phenoxy) is 2. The van der Waals surface area contributed by atoms with Crippen LogP contribution < -0.4 is 9.47 Å². The van der Waals surface area contributed by atoms with Crippen molar-refractivity contribution in [3.63, 3.8) is 0 Å². The Morgan fingerprint density at radius 2 is 1.96 bits per heavy atom.